The summed E-state index contributed by atoms with van der Waals surface area (Å²) in [6, 6.07) is 12.1. The molecule has 0 aliphatic carbocycles. The smallest absolute Gasteiger partial charge is 0.325 e. The number of hydrogen-bond acceptors (Lipinski definition) is 8. The number of sulfonamides is 1. The minimum atomic E-state index is -4.02. The maximum atomic E-state index is 12.7. The maximum absolute atomic E-state index is 12.7. The third-order valence-electron chi connectivity index (χ3n) is 5.85. The van der Waals surface area contributed by atoms with Gasteiger partial charge in [-0.15, -0.1) is 0 Å². The lowest BCUT2D eigenvalue weighted by molar-refractivity contribution is -0.152. The molecule has 3 atom stereocenters. The number of nitrogens with two attached hydrogens (primary N) is 1. The van der Waals surface area contributed by atoms with E-state index in [9.17, 15) is 18.0 Å². The highest BCUT2D eigenvalue weighted by Crippen LogP contribution is 2.34. The molecule has 1 aliphatic heterocycles. The number of nitrogen functional groups attached to an aromatic ring is 1. The summed E-state index contributed by atoms with van der Waals surface area (Å²) in [5.74, 6) is -1.24. The summed E-state index contributed by atoms with van der Waals surface area (Å²) >= 11 is 0. The molecule has 12 heteroatoms. The molecule has 0 spiro atoms. The lowest BCUT2D eigenvalue weighted by atomic mass is 9.99. The first-order chi connectivity index (χ1) is 17.0. The Balaban J connectivity index is 1.58. The molecular formula is C24H31N5O6S. The molecule has 0 bridgehead atoms. The van der Waals surface area contributed by atoms with Crippen LogP contribution in [-0.4, -0.2) is 64.0 Å². The van der Waals surface area contributed by atoms with Crippen LogP contribution in [0.25, 0.3) is 0 Å². The fraction of sp³-hybridized carbons (Fsp3) is 0.375. The molecular weight excluding hydrogens is 486 g/mol. The Morgan fingerprint density at radius 1 is 1.25 bits per heavy atom. The molecule has 1 aliphatic rings. The Hall–Kier alpha value is -3.32. The summed E-state index contributed by atoms with van der Waals surface area (Å²) in [6.45, 7) is 1.47. The quantitative estimate of drug-likeness (QED) is 0.206. The average molecular weight is 518 g/mol. The highest BCUT2D eigenvalue weighted by Gasteiger charge is 2.34. The zero-order valence-corrected chi connectivity index (χ0v) is 21.2. The van der Waals surface area contributed by atoms with Crippen molar-refractivity contribution in [3.05, 3.63) is 65.2 Å². The number of amidine groups is 1. The Labute approximate surface area is 210 Å². The predicted molar refractivity (Wildman–Crippen MR) is 132 cm³/mol. The molecule has 3 rings (SSSR count). The van der Waals surface area contributed by atoms with Crippen LogP contribution in [0.1, 0.15) is 35.6 Å². The molecule has 1 fully saturated rings. The van der Waals surface area contributed by atoms with Crippen LogP contribution in [0.5, 0.6) is 0 Å². The zero-order valence-electron chi connectivity index (χ0n) is 20.4. The van der Waals surface area contributed by atoms with Crippen LogP contribution in [0.4, 0.5) is 0 Å². The van der Waals surface area contributed by atoms with Crippen LogP contribution in [0, 0.1) is 12.3 Å². The van der Waals surface area contributed by atoms with E-state index in [1.807, 2.05) is 12.1 Å². The molecule has 2 aromatic rings. The molecule has 5 N–H and O–H groups in total. The summed E-state index contributed by atoms with van der Waals surface area (Å²) < 4.78 is 32.5. The minimum Gasteiger partial charge on any atom is -0.468 e. The van der Waals surface area contributed by atoms with E-state index in [0.717, 1.165) is 18.2 Å². The van der Waals surface area contributed by atoms with E-state index < -0.39 is 34.0 Å². The van der Waals surface area contributed by atoms with Crippen LogP contribution < -0.4 is 15.8 Å². The first kappa shape index (κ1) is 27.3. The van der Waals surface area contributed by atoms with Gasteiger partial charge in [-0.05, 0) is 36.6 Å². The van der Waals surface area contributed by atoms with E-state index in [1.54, 1.807) is 43.3 Å². The van der Waals surface area contributed by atoms with Gasteiger partial charge in [0.25, 0.3) is 0 Å². The van der Waals surface area contributed by atoms with Gasteiger partial charge in [0.1, 0.15) is 11.9 Å². The zero-order chi connectivity index (χ0) is 26.5. The molecule has 194 valence electrons. The van der Waals surface area contributed by atoms with Gasteiger partial charge in [0.2, 0.25) is 15.9 Å². The molecule has 1 heterocycles. The van der Waals surface area contributed by atoms with Crippen molar-refractivity contribution in [3.63, 3.8) is 0 Å². The second kappa shape index (κ2) is 11.6. The number of rotatable bonds is 10. The van der Waals surface area contributed by atoms with Gasteiger partial charge in [-0.3, -0.25) is 19.8 Å². The van der Waals surface area contributed by atoms with Gasteiger partial charge < -0.3 is 15.8 Å². The number of benzene rings is 2. The second-order valence-electron chi connectivity index (χ2n) is 8.58. The van der Waals surface area contributed by atoms with E-state index in [-0.39, 0.29) is 29.7 Å². The number of methoxy groups -OCH3 is 1. The number of aryl methyl sites for hydroxylation is 1. The predicted octanol–water partition coefficient (Wildman–Crippen LogP) is 0.982. The molecule has 36 heavy (non-hydrogen) atoms. The van der Waals surface area contributed by atoms with E-state index in [1.165, 1.54) is 12.1 Å². The largest absolute Gasteiger partial charge is 0.468 e. The third-order valence-corrected chi connectivity index (χ3v) is 7.32. The van der Waals surface area contributed by atoms with E-state index >= 15 is 0 Å². The van der Waals surface area contributed by atoms with Crippen LogP contribution in [0.15, 0.2) is 53.4 Å². The Bertz CT molecular complexity index is 1220. The standard InChI is InChI=1S/C24H31N5O6S/c1-15-5-4-6-19(11-15)36(32,33)28-20(24(31)34-3)14-27-22(30)13-18-12-21(29(2)35-18)16-7-9-17(10-8-16)23(25)26/h4-11,18,20-21,28H,12-14H2,1-3H3,(H3,25,26)(H,27,30)/t18-,20-,21+/m0/s1. The molecule has 1 amide bonds. The second-order valence-corrected chi connectivity index (χ2v) is 10.3. The Morgan fingerprint density at radius 2 is 1.94 bits per heavy atom. The number of hydroxylamine groups is 2. The van der Waals surface area contributed by atoms with Crippen LogP contribution >= 0.6 is 0 Å². The fourth-order valence-electron chi connectivity index (χ4n) is 3.95. The number of ether oxygens (including phenoxy) is 1. The number of amides is 1. The van der Waals surface area contributed by atoms with Gasteiger partial charge in [0, 0.05) is 19.2 Å². The van der Waals surface area contributed by atoms with Crippen LogP contribution in [-0.2, 0) is 29.2 Å². The van der Waals surface area contributed by atoms with Crippen molar-refractivity contribution >= 4 is 27.7 Å². The molecule has 0 saturated carbocycles. The van der Waals surface area contributed by atoms with Gasteiger partial charge in [0.05, 0.1) is 30.6 Å². The number of nitrogens with one attached hydrogen (secondary N) is 3. The first-order valence-electron chi connectivity index (χ1n) is 11.3. The summed E-state index contributed by atoms with van der Waals surface area (Å²) in [4.78, 5) is 30.6. The highest BCUT2D eigenvalue weighted by atomic mass is 32.2. The number of nitrogens with zero attached hydrogens (tertiary/aromatic N) is 1. The number of hydrogen-bond donors (Lipinski definition) is 4. The van der Waals surface area contributed by atoms with E-state index in [4.69, 9.17) is 20.7 Å². The summed E-state index contributed by atoms with van der Waals surface area (Å²) in [7, 11) is -1.10. The molecule has 0 aromatic heterocycles. The molecule has 2 aromatic carbocycles. The van der Waals surface area contributed by atoms with Crippen molar-refractivity contribution in [2.24, 2.45) is 5.73 Å². The molecule has 0 unspecified atom stereocenters. The SMILES string of the molecule is COC(=O)[C@H](CNC(=O)C[C@@H]1C[C@H](c2ccc(C(=N)N)cc2)N(C)O1)NS(=O)(=O)c1cccc(C)c1. The minimum absolute atomic E-state index is 0.00694. The fourth-order valence-corrected chi connectivity index (χ4v) is 5.24. The monoisotopic (exact) mass is 517 g/mol. The van der Waals surface area contributed by atoms with Crippen molar-refractivity contribution < 1.29 is 27.6 Å². The summed E-state index contributed by atoms with van der Waals surface area (Å²) in [6.07, 6.45) is 0.155. The van der Waals surface area contributed by atoms with Crippen molar-refractivity contribution in [1.82, 2.24) is 15.1 Å². The van der Waals surface area contributed by atoms with Crippen molar-refractivity contribution in [1.29, 1.82) is 5.41 Å². The third kappa shape index (κ3) is 6.88. The van der Waals surface area contributed by atoms with Crippen LogP contribution in [0.2, 0.25) is 0 Å². The number of carbonyl (C=O) groups excluding carboxylic acids is 2. The van der Waals surface area contributed by atoms with Gasteiger partial charge in [-0.2, -0.15) is 9.79 Å². The average Bonchev–Trinajstić information content (AvgIpc) is 3.20. The van der Waals surface area contributed by atoms with E-state index in [0.29, 0.717) is 12.0 Å². The number of esters is 1. The summed E-state index contributed by atoms with van der Waals surface area (Å²) in [5, 5.41) is 11.8. The van der Waals surface area contributed by atoms with Crippen LogP contribution in [0.3, 0.4) is 0 Å². The van der Waals surface area contributed by atoms with Gasteiger partial charge in [-0.1, -0.05) is 36.4 Å². The highest BCUT2D eigenvalue weighted by molar-refractivity contribution is 7.89. The Kier molecular flexibility index (Phi) is 8.79. The Morgan fingerprint density at radius 3 is 2.56 bits per heavy atom. The number of carbonyl (C=O) groups is 2. The first-order valence-corrected chi connectivity index (χ1v) is 12.8. The normalized spacial score (nSPS) is 19.0. The maximum Gasteiger partial charge on any atom is 0.325 e. The van der Waals surface area contributed by atoms with Crippen molar-refractivity contribution in [2.45, 2.75) is 42.8 Å². The van der Waals surface area contributed by atoms with Crippen molar-refractivity contribution in [2.75, 3.05) is 20.7 Å². The van der Waals surface area contributed by atoms with Crippen molar-refractivity contribution in [3.8, 4) is 0 Å². The molecule has 11 nitrogen and oxygen atoms in total. The van der Waals surface area contributed by atoms with Gasteiger partial charge in [-0.25, -0.2) is 8.42 Å². The van der Waals surface area contributed by atoms with E-state index in [2.05, 4.69) is 10.0 Å². The molecule has 1 saturated heterocycles. The lowest BCUT2D eigenvalue weighted by Crippen LogP contribution is -2.49. The van der Waals surface area contributed by atoms with Gasteiger partial charge >= 0.3 is 5.97 Å². The summed E-state index contributed by atoms with van der Waals surface area (Å²) in [5.41, 5.74) is 7.83. The lowest BCUT2D eigenvalue weighted by Gasteiger charge is -2.18. The molecule has 0 radical (unpaired) electrons. The topological polar surface area (TPSA) is 164 Å². The van der Waals surface area contributed by atoms with Gasteiger partial charge in [0.15, 0.2) is 0 Å².